The van der Waals surface area contributed by atoms with Gasteiger partial charge >= 0.3 is 23.9 Å². The number of amides is 4. The summed E-state index contributed by atoms with van der Waals surface area (Å²) in [5.74, 6) is -9.68. The Kier molecular flexibility index (Phi) is 19.4. The minimum absolute atomic E-state index is 0.0227. The van der Waals surface area contributed by atoms with Crippen LogP contribution in [0, 0.1) is 5.92 Å². The molecule has 47 heavy (non-hydrogen) atoms. The molecule has 0 aliphatic heterocycles. The molecule has 0 fully saturated rings. The van der Waals surface area contributed by atoms with Gasteiger partial charge in [0, 0.05) is 25.8 Å². The van der Waals surface area contributed by atoms with Gasteiger partial charge in [-0.2, -0.15) is 0 Å². The normalized spacial score (nSPS) is 14.0. The van der Waals surface area contributed by atoms with Crippen LogP contribution in [0.5, 0.6) is 0 Å². The second kappa shape index (κ2) is 21.7. The van der Waals surface area contributed by atoms with Gasteiger partial charge in [-0.1, -0.05) is 13.8 Å². The van der Waals surface area contributed by atoms with Gasteiger partial charge in [0.15, 0.2) is 5.96 Å². The molecule has 0 radical (unpaired) electrons. The van der Waals surface area contributed by atoms with E-state index in [9.17, 15) is 43.5 Å². The maximum absolute atomic E-state index is 13.3. The molecule has 14 N–H and O–H groups in total. The smallest absolute Gasteiger partial charge is 0.326 e. The zero-order chi connectivity index (χ0) is 36.3. The Balaban J connectivity index is 5.94. The van der Waals surface area contributed by atoms with Gasteiger partial charge < -0.3 is 58.9 Å². The first kappa shape index (κ1) is 42.0. The molecule has 0 aromatic heterocycles. The van der Waals surface area contributed by atoms with Crippen LogP contribution in [0.25, 0.3) is 0 Å². The third kappa shape index (κ3) is 19.2. The Morgan fingerprint density at radius 3 is 1.38 bits per heavy atom. The van der Waals surface area contributed by atoms with Crippen molar-refractivity contribution in [2.45, 2.75) is 102 Å². The van der Waals surface area contributed by atoms with Crippen molar-refractivity contribution in [1.82, 2.24) is 21.3 Å². The zero-order valence-corrected chi connectivity index (χ0v) is 26.3. The predicted molar refractivity (Wildman–Crippen MR) is 163 cm³/mol. The van der Waals surface area contributed by atoms with Crippen LogP contribution >= 0.6 is 0 Å². The highest BCUT2D eigenvalue weighted by molar-refractivity contribution is 5.95. The fourth-order valence-electron chi connectivity index (χ4n) is 4.05. The number of guanidine groups is 1. The Bertz CT molecular complexity index is 1160. The van der Waals surface area contributed by atoms with Crippen LogP contribution in [0.15, 0.2) is 4.99 Å². The molecule has 20 heteroatoms. The molecule has 0 heterocycles. The molecule has 0 rings (SSSR count). The Morgan fingerprint density at radius 1 is 0.596 bits per heavy atom. The number of hydrogen-bond donors (Lipinski definition) is 11. The summed E-state index contributed by atoms with van der Waals surface area (Å²) in [6.45, 7) is 3.58. The lowest BCUT2D eigenvalue weighted by Crippen LogP contribution is -2.58. The van der Waals surface area contributed by atoms with Gasteiger partial charge in [-0.15, -0.1) is 0 Å². The maximum Gasteiger partial charge on any atom is 0.326 e. The van der Waals surface area contributed by atoms with Crippen molar-refractivity contribution >= 4 is 53.5 Å². The van der Waals surface area contributed by atoms with Crippen molar-refractivity contribution in [1.29, 1.82) is 0 Å². The average Bonchev–Trinajstić information content (AvgIpc) is 2.95. The number of rotatable bonds is 24. The largest absolute Gasteiger partial charge is 0.481 e. The van der Waals surface area contributed by atoms with E-state index in [4.69, 9.17) is 32.5 Å². The average molecular weight is 675 g/mol. The minimum Gasteiger partial charge on any atom is -0.481 e. The summed E-state index contributed by atoms with van der Waals surface area (Å²) < 4.78 is 0. The van der Waals surface area contributed by atoms with Gasteiger partial charge in [-0.05, 0) is 44.4 Å². The van der Waals surface area contributed by atoms with Gasteiger partial charge in [0.1, 0.15) is 24.2 Å². The Hall–Kier alpha value is -5.01. The van der Waals surface area contributed by atoms with Crippen LogP contribution in [-0.4, -0.2) is 111 Å². The van der Waals surface area contributed by atoms with E-state index in [1.807, 2.05) is 0 Å². The number of aliphatic imine (C=N–C) groups is 1. The molecule has 0 aliphatic carbocycles. The molecular formula is C27H46N8O12. The molecule has 0 unspecified atom stereocenters. The van der Waals surface area contributed by atoms with E-state index < -0.39 is 110 Å². The molecule has 0 saturated heterocycles. The standard InChI is InChI=1S/C27H46N8O12/c1-13(2)12-18(25(45)33-16(6-9-20(38)39)23(43)34-17(26(46)47)7-10-21(40)41)35-24(44)15(5-8-19(36)37)32-22(42)14(28)4-3-11-31-27(29)30/h13-18H,3-12,28H2,1-2H3,(H,32,42)(H,33,45)(H,34,43)(H,35,44)(H,36,37)(H,38,39)(H,40,41)(H,46,47)(H4,29,30,31)/t14-,15-,16-,17-,18-/m0/s1. The molecule has 0 saturated carbocycles. The summed E-state index contributed by atoms with van der Waals surface area (Å²) in [6.07, 6.45) is -2.71. The fourth-order valence-corrected chi connectivity index (χ4v) is 4.05. The Labute approximate surface area is 270 Å². The Morgan fingerprint density at radius 2 is 0.979 bits per heavy atom. The van der Waals surface area contributed by atoms with Crippen LogP contribution < -0.4 is 38.5 Å². The number of nitrogens with two attached hydrogens (primary N) is 3. The van der Waals surface area contributed by atoms with E-state index in [2.05, 4.69) is 26.3 Å². The summed E-state index contributed by atoms with van der Waals surface area (Å²) in [5, 5.41) is 45.7. The molecule has 0 aliphatic rings. The third-order valence-electron chi connectivity index (χ3n) is 6.47. The van der Waals surface area contributed by atoms with Crippen LogP contribution in [0.4, 0.5) is 0 Å². The molecule has 20 nitrogen and oxygen atoms in total. The van der Waals surface area contributed by atoms with Gasteiger partial charge in [0.25, 0.3) is 0 Å². The number of carbonyl (C=O) groups excluding carboxylic acids is 4. The number of nitrogens with one attached hydrogen (secondary N) is 4. The van der Waals surface area contributed by atoms with Crippen molar-refractivity contribution < 1.29 is 58.8 Å². The molecule has 0 spiro atoms. The highest BCUT2D eigenvalue weighted by atomic mass is 16.4. The molecule has 0 bridgehead atoms. The number of hydrogen-bond acceptors (Lipinski definition) is 10. The minimum atomic E-state index is -1.66. The first-order chi connectivity index (χ1) is 21.8. The first-order valence-corrected chi connectivity index (χ1v) is 14.7. The SMILES string of the molecule is CC(C)C[C@H](NC(=O)[C@H](CCC(=O)O)NC(=O)[C@@H](N)CCCN=C(N)N)C(=O)N[C@@H](CCC(=O)O)C(=O)N[C@@H](CCC(=O)O)C(=O)O. The van der Waals surface area contributed by atoms with E-state index in [0.717, 1.165) is 0 Å². The predicted octanol–water partition coefficient (Wildman–Crippen LogP) is -2.97. The summed E-state index contributed by atoms with van der Waals surface area (Å²) in [7, 11) is 0. The number of aliphatic carboxylic acids is 4. The summed E-state index contributed by atoms with van der Waals surface area (Å²) in [5.41, 5.74) is 16.4. The molecule has 266 valence electrons. The van der Waals surface area contributed by atoms with Crippen molar-refractivity contribution in [3.05, 3.63) is 0 Å². The van der Waals surface area contributed by atoms with Crippen molar-refractivity contribution in [2.24, 2.45) is 28.1 Å². The van der Waals surface area contributed by atoms with E-state index in [0.29, 0.717) is 6.42 Å². The third-order valence-corrected chi connectivity index (χ3v) is 6.47. The topological polar surface area (TPSA) is 356 Å². The molecule has 4 amide bonds. The van der Waals surface area contributed by atoms with Crippen LogP contribution in [0.3, 0.4) is 0 Å². The second-order valence-corrected chi connectivity index (χ2v) is 11.1. The molecule has 5 atom stereocenters. The number of carboxylic acids is 4. The van der Waals surface area contributed by atoms with Gasteiger partial charge in [-0.25, -0.2) is 4.79 Å². The van der Waals surface area contributed by atoms with Crippen molar-refractivity contribution in [3.63, 3.8) is 0 Å². The van der Waals surface area contributed by atoms with E-state index in [1.54, 1.807) is 13.8 Å². The highest BCUT2D eigenvalue weighted by Crippen LogP contribution is 2.10. The summed E-state index contributed by atoms with van der Waals surface area (Å²) in [6, 6.07) is -7.19. The highest BCUT2D eigenvalue weighted by Gasteiger charge is 2.32. The monoisotopic (exact) mass is 674 g/mol. The summed E-state index contributed by atoms with van der Waals surface area (Å²) >= 11 is 0. The molecule has 0 aromatic rings. The lowest BCUT2D eigenvalue weighted by Gasteiger charge is -2.27. The number of nitrogens with zero attached hydrogens (tertiary/aromatic N) is 1. The van der Waals surface area contributed by atoms with E-state index in [-0.39, 0.29) is 37.7 Å². The maximum atomic E-state index is 13.3. The zero-order valence-electron chi connectivity index (χ0n) is 26.3. The van der Waals surface area contributed by atoms with Crippen LogP contribution in [0.1, 0.15) is 71.6 Å². The van der Waals surface area contributed by atoms with E-state index >= 15 is 0 Å². The van der Waals surface area contributed by atoms with Gasteiger partial charge in [0.05, 0.1) is 6.04 Å². The lowest BCUT2D eigenvalue weighted by atomic mass is 10.0. The molecular weight excluding hydrogens is 628 g/mol. The van der Waals surface area contributed by atoms with Crippen LogP contribution in [0.2, 0.25) is 0 Å². The molecule has 0 aromatic carbocycles. The van der Waals surface area contributed by atoms with Gasteiger partial charge in [0.2, 0.25) is 23.6 Å². The quantitative estimate of drug-likeness (QED) is 0.0276. The number of carbonyl (C=O) groups is 8. The van der Waals surface area contributed by atoms with Crippen LogP contribution in [-0.2, 0) is 38.4 Å². The second-order valence-electron chi connectivity index (χ2n) is 11.1. The van der Waals surface area contributed by atoms with Crippen molar-refractivity contribution in [2.75, 3.05) is 6.54 Å². The number of carboxylic acid groups (broad SMARTS) is 4. The fraction of sp³-hybridized carbons (Fsp3) is 0.667. The van der Waals surface area contributed by atoms with E-state index in [1.165, 1.54) is 0 Å². The summed E-state index contributed by atoms with van der Waals surface area (Å²) in [4.78, 5) is 101. The van der Waals surface area contributed by atoms with Crippen molar-refractivity contribution in [3.8, 4) is 0 Å². The lowest BCUT2D eigenvalue weighted by molar-refractivity contribution is -0.144. The van der Waals surface area contributed by atoms with Gasteiger partial charge in [-0.3, -0.25) is 38.6 Å². The first-order valence-electron chi connectivity index (χ1n) is 14.7.